The molecule has 0 aromatic heterocycles. The molecule has 0 bridgehead atoms. The van der Waals surface area contributed by atoms with E-state index < -0.39 is 25.4 Å². The van der Waals surface area contributed by atoms with Crippen molar-refractivity contribution in [2.45, 2.75) is 35.6 Å². The van der Waals surface area contributed by atoms with Crippen LogP contribution in [0.1, 0.15) is 26.7 Å². The number of rotatable bonds is 3. The van der Waals surface area contributed by atoms with Gasteiger partial charge < -0.3 is 0 Å². The fraction of sp³-hybridized carbons (Fsp3) is 0.550. The SMILES string of the molecule is [B]C1=CN2CC(C)(C(=O)N3CCCC4(C3)CI4C/C=C\C)N=C2C([N+]#C)=C1. The van der Waals surface area contributed by atoms with Gasteiger partial charge in [-0.15, -0.1) is 0 Å². The van der Waals surface area contributed by atoms with Crippen molar-refractivity contribution < 1.29 is 4.79 Å². The molecule has 7 heteroatoms. The Morgan fingerprint density at radius 2 is 2.33 bits per heavy atom. The molecule has 140 valence electrons. The Bertz CT molecular complexity index is 841. The third-order valence-electron chi connectivity index (χ3n) is 5.76. The van der Waals surface area contributed by atoms with E-state index >= 15 is 0 Å². The van der Waals surface area contributed by atoms with Crippen molar-refractivity contribution in [2.75, 3.05) is 28.5 Å². The van der Waals surface area contributed by atoms with Gasteiger partial charge in [0.2, 0.25) is 0 Å². The van der Waals surface area contributed by atoms with Gasteiger partial charge in [0, 0.05) is 0 Å². The first-order valence-corrected chi connectivity index (χ1v) is 13.5. The first kappa shape index (κ1) is 18.8. The zero-order chi connectivity index (χ0) is 19.2. The van der Waals surface area contributed by atoms with Crippen LogP contribution in [-0.2, 0) is 4.79 Å². The normalized spacial score (nSPS) is 33.5. The number of hydrogen-bond donors (Lipinski definition) is 0. The molecular formula is C20H25BIN4O+. The molecule has 0 N–H and O–H groups in total. The van der Waals surface area contributed by atoms with Crippen LogP contribution in [0.4, 0.5) is 0 Å². The number of alkyl halides is 3. The maximum absolute atomic E-state index is 13.4. The molecule has 5 nitrogen and oxygen atoms in total. The molecule has 1 spiro atoms. The van der Waals surface area contributed by atoms with Crippen LogP contribution in [0.3, 0.4) is 0 Å². The fourth-order valence-electron chi connectivity index (χ4n) is 4.31. The molecule has 2 saturated heterocycles. The van der Waals surface area contributed by atoms with Gasteiger partial charge in [-0.2, -0.15) is 0 Å². The van der Waals surface area contributed by atoms with Crippen molar-refractivity contribution in [3.8, 4) is 6.57 Å². The molecule has 0 aromatic rings. The molecule has 4 aliphatic rings. The van der Waals surface area contributed by atoms with Crippen LogP contribution in [0.2, 0.25) is 0 Å². The number of halogens is 1. The molecular weight excluding hydrogens is 450 g/mol. The quantitative estimate of drug-likeness (QED) is 0.273. The molecule has 2 unspecified atom stereocenters. The van der Waals surface area contributed by atoms with E-state index in [9.17, 15) is 4.79 Å². The Labute approximate surface area is 169 Å². The Balaban J connectivity index is 1.51. The fourth-order valence-corrected chi connectivity index (χ4v) is 12.2. The van der Waals surface area contributed by atoms with Gasteiger partial charge in [-0.25, -0.2) is 0 Å². The van der Waals surface area contributed by atoms with Gasteiger partial charge >= 0.3 is 170 Å². The average Bonchev–Trinajstić information content (AvgIpc) is 3.17. The topological polar surface area (TPSA) is 40.3 Å². The van der Waals surface area contributed by atoms with Crippen LogP contribution >= 0.6 is 19.8 Å². The van der Waals surface area contributed by atoms with Crippen LogP contribution in [0.15, 0.2) is 40.6 Å². The molecule has 0 saturated carbocycles. The van der Waals surface area contributed by atoms with E-state index in [1.807, 2.05) is 18.0 Å². The van der Waals surface area contributed by atoms with Crippen molar-refractivity contribution in [3.63, 3.8) is 0 Å². The van der Waals surface area contributed by atoms with Crippen molar-refractivity contribution in [1.82, 2.24) is 9.80 Å². The third-order valence-corrected chi connectivity index (χ3v) is 13.3. The molecule has 1 amide bonds. The summed E-state index contributed by atoms with van der Waals surface area (Å²) < 4.78 is 3.15. The second-order valence-electron chi connectivity index (χ2n) is 7.92. The number of carbonyl (C=O) groups is 1. The van der Waals surface area contributed by atoms with E-state index in [4.69, 9.17) is 19.4 Å². The maximum atomic E-state index is 13.4. The molecule has 2 atom stereocenters. The van der Waals surface area contributed by atoms with Gasteiger partial charge in [0.1, 0.15) is 0 Å². The van der Waals surface area contributed by atoms with E-state index in [-0.39, 0.29) is 5.91 Å². The predicted molar refractivity (Wildman–Crippen MR) is 120 cm³/mol. The monoisotopic (exact) mass is 475 g/mol. The Kier molecular flexibility index (Phi) is 4.73. The predicted octanol–water partition coefficient (Wildman–Crippen LogP) is 2.79. The Hall–Kier alpha value is -1.56. The molecule has 0 aromatic carbocycles. The molecule has 0 aliphatic carbocycles. The van der Waals surface area contributed by atoms with Gasteiger partial charge in [0.05, 0.1) is 0 Å². The Morgan fingerprint density at radius 3 is 3.07 bits per heavy atom. The molecule has 4 heterocycles. The summed E-state index contributed by atoms with van der Waals surface area (Å²) in [5.41, 5.74) is 0.294. The minimum atomic E-state index is -0.921. The van der Waals surface area contributed by atoms with E-state index in [0.29, 0.717) is 27.0 Å². The second-order valence-corrected chi connectivity index (χ2v) is 14.5. The van der Waals surface area contributed by atoms with E-state index in [1.165, 1.54) is 15.3 Å². The molecule has 27 heavy (non-hydrogen) atoms. The summed E-state index contributed by atoms with van der Waals surface area (Å²) in [6, 6.07) is 0. The number of carbonyl (C=O) groups excluding carboxylic acids is 1. The van der Waals surface area contributed by atoms with Gasteiger partial charge in [-0.3, -0.25) is 0 Å². The van der Waals surface area contributed by atoms with Gasteiger partial charge in [-0.05, 0) is 0 Å². The van der Waals surface area contributed by atoms with Gasteiger partial charge in [0.25, 0.3) is 0 Å². The first-order valence-electron chi connectivity index (χ1n) is 9.40. The van der Waals surface area contributed by atoms with Crippen molar-refractivity contribution in [1.29, 1.82) is 0 Å². The number of allylic oxidation sites excluding steroid dienone is 4. The summed E-state index contributed by atoms with van der Waals surface area (Å²) in [4.78, 5) is 26.0. The number of amides is 1. The van der Waals surface area contributed by atoms with Crippen LogP contribution in [-0.4, -0.2) is 66.8 Å². The van der Waals surface area contributed by atoms with Crippen molar-refractivity contribution in [2.24, 2.45) is 4.99 Å². The zero-order valence-electron chi connectivity index (χ0n) is 16.0. The summed E-state index contributed by atoms with van der Waals surface area (Å²) in [5, 5.41) is 0. The second kappa shape index (κ2) is 6.80. The molecule has 4 rings (SSSR count). The first-order chi connectivity index (χ1) is 12.9. The van der Waals surface area contributed by atoms with Crippen LogP contribution in [0, 0.1) is 6.57 Å². The van der Waals surface area contributed by atoms with Gasteiger partial charge in [-0.1, -0.05) is 0 Å². The summed E-state index contributed by atoms with van der Waals surface area (Å²) in [7, 11) is 5.94. The summed E-state index contributed by atoms with van der Waals surface area (Å²) in [5.74, 6) is 0.766. The van der Waals surface area contributed by atoms with E-state index in [0.717, 1.165) is 19.5 Å². The van der Waals surface area contributed by atoms with E-state index in [1.54, 1.807) is 6.08 Å². The number of likely N-dealkylation sites (tertiary alicyclic amines) is 1. The van der Waals surface area contributed by atoms with E-state index in [2.05, 4.69) is 28.8 Å². The number of aliphatic imine (C=N–C) groups is 1. The van der Waals surface area contributed by atoms with Crippen LogP contribution in [0.25, 0.3) is 4.85 Å². The minimum absolute atomic E-state index is 0.126. The number of hydrogen-bond acceptors (Lipinski definition) is 3. The average molecular weight is 475 g/mol. The third kappa shape index (κ3) is 3.26. The molecule has 2 fully saturated rings. The molecule has 2 radical (unpaired) electrons. The van der Waals surface area contributed by atoms with Crippen LogP contribution < -0.4 is 0 Å². The van der Waals surface area contributed by atoms with Crippen molar-refractivity contribution >= 4 is 39.4 Å². The standard InChI is InChI=1S/C20H25BIN4O/c1-4-5-8-22-12-20(22)7-6-9-25(14-20)18(27)19(2)13-26-11-15(21)10-16(23-3)17(26)24-19/h3-5,10-11H,6-9,12-14H2,1-2H3/q+1/b5-4-. The van der Waals surface area contributed by atoms with Crippen LogP contribution in [0.5, 0.6) is 0 Å². The number of fused-ring (bicyclic) bond motifs is 1. The number of amidine groups is 1. The molecule has 4 aliphatic heterocycles. The zero-order valence-corrected chi connectivity index (χ0v) is 18.1. The Morgan fingerprint density at radius 1 is 1.52 bits per heavy atom. The van der Waals surface area contributed by atoms with Gasteiger partial charge in [0.15, 0.2) is 0 Å². The number of nitrogens with zero attached hydrogens (tertiary/aromatic N) is 4. The summed E-state index contributed by atoms with van der Waals surface area (Å²) >= 11 is -0.921. The number of piperidine rings is 1. The van der Waals surface area contributed by atoms with Crippen molar-refractivity contribution in [3.05, 3.63) is 40.4 Å². The summed E-state index contributed by atoms with van der Waals surface area (Å²) in [6.45, 7) is 11.8. The summed E-state index contributed by atoms with van der Waals surface area (Å²) in [6.07, 6.45) is 10.4.